The van der Waals surface area contributed by atoms with Gasteiger partial charge < -0.3 is 79.5 Å². The molecule has 0 radical (unpaired) electrons. The fraction of sp³-hybridized carbons (Fsp3) is 0.949. The standard InChI is InChI=1S/C39H64O16/c1-15(40)25-23(41)13-22-20-7-6-18-12-19(8-10-38(18,4)21(20)9-11-39(22,25)5)53-37-34(55-36-33(49)30(46)27(43)17(3)52-36)31(47)28(44)24(54-37)14-50-35-32(48)29(45)26(42)16(2)51-35/h6,15-17,19-37,40-49H,7-14H2,1-5H3. The van der Waals surface area contributed by atoms with Crippen LogP contribution in [-0.4, -0.2) is 168 Å². The van der Waals surface area contributed by atoms with Crippen LogP contribution < -0.4 is 0 Å². The second kappa shape index (κ2) is 15.9. The fourth-order valence-corrected chi connectivity index (χ4v) is 11.8. The molecule has 6 fully saturated rings. The van der Waals surface area contributed by atoms with E-state index in [-0.39, 0.29) is 16.7 Å². The predicted molar refractivity (Wildman–Crippen MR) is 189 cm³/mol. The third-order valence-electron chi connectivity index (χ3n) is 15.0. The highest BCUT2D eigenvalue weighted by Gasteiger charge is 2.62. The van der Waals surface area contributed by atoms with E-state index in [1.54, 1.807) is 6.92 Å². The van der Waals surface area contributed by atoms with Crippen LogP contribution in [0.4, 0.5) is 0 Å². The summed E-state index contributed by atoms with van der Waals surface area (Å²) in [6.07, 6.45) is -14.9. The molecule has 24 unspecified atom stereocenters. The molecule has 0 spiro atoms. The average Bonchev–Trinajstić information content (AvgIpc) is 3.42. The van der Waals surface area contributed by atoms with Crippen LogP contribution in [0.2, 0.25) is 0 Å². The number of allylic oxidation sites excluding steroid dienone is 1. The molecule has 316 valence electrons. The Bertz CT molecular complexity index is 1370. The first kappa shape index (κ1) is 42.2. The molecule has 0 aromatic rings. The Labute approximate surface area is 322 Å². The highest BCUT2D eigenvalue weighted by Crippen LogP contribution is 2.66. The number of hydrogen-bond acceptors (Lipinski definition) is 16. The number of aliphatic hydroxyl groups is 10. The molecule has 3 heterocycles. The second-order valence-electron chi connectivity index (χ2n) is 18.2. The molecule has 3 saturated carbocycles. The Kier molecular flexibility index (Phi) is 12.2. The summed E-state index contributed by atoms with van der Waals surface area (Å²) in [5.41, 5.74) is 1.04. The first-order valence-electron chi connectivity index (χ1n) is 20.3. The molecule has 7 aliphatic rings. The number of rotatable bonds is 8. The highest BCUT2D eigenvalue weighted by atomic mass is 16.8. The van der Waals surface area contributed by atoms with Gasteiger partial charge in [0, 0.05) is 5.92 Å². The summed E-state index contributed by atoms with van der Waals surface area (Å²) in [7, 11) is 0. The molecule has 0 amide bonds. The van der Waals surface area contributed by atoms with Crippen molar-refractivity contribution in [1.82, 2.24) is 0 Å². The molecule has 0 aromatic heterocycles. The van der Waals surface area contributed by atoms with E-state index in [0.717, 1.165) is 25.7 Å². The lowest BCUT2D eigenvalue weighted by molar-refractivity contribution is -0.374. The fourth-order valence-electron chi connectivity index (χ4n) is 11.8. The van der Waals surface area contributed by atoms with E-state index in [4.69, 9.17) is 28.4 Å². The van der Waals surface area contributed by atoms with E-state index < -0.39 is 117 Å². The summed E-state index contributed by atoms with van der Waals surface area (Å²) in [6, 6.07) is 0. The van der Waals surface area contributed by atoms with Crippen molar-refractivity contribution in [3.8, 4) is 0 Å². The van der Waals surface area contributed by atoms with Crippen LogP contribution >= 0.6 is 0 Å². The minimum Gasteiger partial charge on any atom is -0.393 e. The maximum absolute atomic E-state index is 11.5. The highest BCUT2D eigenvalue weighted by molar-refractivity contribution is 5.26. The van der Waals surface area contributed by atoms with Gasteiger partial charge in [0.1, 0.15) is 61.0 Å². The molecule has 16 nitrogen and oxygen atoms in total. The number of hydrogen-bond donors (Lipinski definition) is 10. The van der Waals surface area contributed by atoms with Crippen molar-refractivity contribution in [1.29, 1.82) is 0 Å². The smallest absolute Gasteiger partial charge is 0.187 e. The van der Waals surface area contributed by atoms with Crippen LogP contribution in [0.1, 0.15) is 79.6 Å². The molecular weight excluding hydrogens is 724 g/mol. The minimum absolute atomic E-state index is 0.101. The molecule has 7 rings (SSSR count). The van der Waals surface area contributed by atoms with Gasteiger partial charge >= 0.3 is 0 Å². The summed E-state index contributed by atoms with van der Waals surface area (Å²) < 4.78 is 35.8. The summed E-state index contributed by atoms with van der Waals surface area (Å²) >= 11 is 0. The van der Waals surface area contributed by atoms with Crippen molar-refractivity contribution in [2.24, 2.45) is 34.5 Å². The normalized spacial score (nSPS) is 56.2. The summed E-state index contributed by atoms with van der Waals surface area (Å²) in [5, 5.41) is 107. The molecule has 3 aliphatic heterocycles. The van der Waals surface area contributed by atoms with Gasteiger partial charge in [0.2, 0.25) is 0 Å². The first-order chi connectivity index (χ1) is 25.9. The monoisotopic (exact) mass is 788 g/mol. The molecule has 3 saturated heterocycles. The van der Waals surface area contributed by atoms with Gasteiger partial charge in [0.05, 0.1) is 37.1 Å². The maximum atomic E-state index is 11.5. The van der Waals surface area contributed by atoms with E-state index in [0.29, 0.717) is 37.0 Å². The molecule has 0 aromatic carbocycles. The summed E-state index contributed by atoms with van der Waals surface area (Å²) in [4.78, 5) is 0. The van der Waals surface area contributed by atoms with Gasteiger partial charge in [-0.3, -0.25) is 0 Å². The van der Waals surface area contributed by atoms with Crippen molar-refractivity contribution in [3.63, 3.8) is 0 Å². The number of ether oxygens (including phenoxy) is 6. The minimum atomic E-state index is -1.70. The summed E-state index contributed by atoms with van der Waals surface area (Å²) in [6.45, 7) is 8.94. The van der Waals surface area contributed by atoms with E-state index in [1.165, 1.54) is 19.4 Å². The van der Waals surface area contributed by atoms with Crippen molar-refractivity contribution in [3.05, 3.63) is 11.6 Å². The molecule has 24 atom stereocenters. The molecule has 10 N–H and O–H groups in total. The van der Waals surface area contributed by atoms with Gasteiger partial charge in [0.15, 0.2) is 18.9 Å². The molecule has 0 bridgehead atoms. The quantitative estimate of drug-likeness (QED) is 0.130. The predicted octanol–water partition coefficient (Wildman–Crippen LogP) is -1.19. The third-order valence-corrected chi connectivity index (χ3v) is 15.0. The van der Waals surface area contributed by atoms with Crippen molar-refractivity contribution >= 4 is 0 Å². The van der Waals surface area contributed by atoms with Gasteiger partial charge in [0.25, 0.3) is 0 Å². The number of aliphatic hydroxyl groups excluding tert-OH is 10. The van der Waals surface area contributed by atoms with Crippen molar-refractivity contribution < 1.29 is 79.5 Å². The van der Waals surface area contributed by atoms with Crippen LogP contribution in [0.25, 0.3) is 0 Å². The topological polar surface area (TPSA) is 258 Å². The van der Waals surface area contributed by atoms with Crippen molar-refractivity contribution in [2.45, 2.75) is 190 Å². The molecule has 4 aliphatic carbocycles. The van der Waals surface area contributed by atoms with Crippen LogP contribution in [0.5, 0.6) is 0 Å². The number of fused-ring (bicyclic) bond motifs is 5. The van der Waals surface area contributed by atoms with Crippen LogP contribution in [0, 0.1) is 34.5 Å². The van der Waals surface area contributed by atoms with E-state index in [9.17, 15) is 51.1 Å². The first-order valence-corrected chi connectivity index (χ1v) is 20.3. The molecule has 16 heteroatoms. The van der Waals surface area contributed by atoms with Gasteiger partial charge in [-0.25, -0.2) is 0 Å². The Balaban J connectivity index is 1.08. The zero-order chi connectivity index (χ0) is 39.9. The molecule has 55 heavy (non-hydrogen) atoms. The lowest BCUT2D eigenvalue weighted by Gasteiger charge is -2.58. The van der Waals surface area contributed by atoms with Gasteiger partial charge in [-0.1, -0.05) is 25.5 Å². The molecular formula is C39H64O16. The van der Waals surface area contributed by atoms with Crippen LogP contribution in [-0.2, 0) is 28.4 Å². The van der Waals surface area contributed by atoms with E-state index in [2.05, 4.69) is 19.9 Å². The zero-order valence-corrected chi connectivity index (χ0v) is 32.4. The average molecular weight is 789 g/mol. The van der Waals surface area contributed by atoms with E-state index >= 15 is 0 Å². The Morgan fingerprint density at radius 3 is 2.02 bits per heavy atom. The SMILES string of the molecule is CC(O)C1C(O)CC2C3CC=C4CC(OC5OC(COC6OC(C)C(O)C(O)C6O)C(O)C(O)C5OC5OC(C)C(O)C(O)C5O)CCC4(C)C3CCC21C. The summed E-state index contributed by atoms with van der Waals surface area (Å²) in [5.74, 6) is 0.953. The van der Waals surface area contributed by atoms with Crippen LogP contribution in [0.3, 0.4) is 0 Å². The maximum Gasteiger partial charge on any atom is 0.187 e. The van der Waals surface area contributed by atoms with Gasteiger partial charge in [-0.05, 0) is 94.3 Å². The van der Waals surface area contributed by atoms with E-state index in [1.807, 2.05) is 0 Å². The second-order valence-corrected chi connectivity index (χ2v) is 18.2. The van der Waals surface area contributed by atoms with Gasteiger partial charge in [-0.2, -0.15) is 0 Å². The zero-order valence-electron chi connectivity index (χ0n) is 32.4. The Morgan fingerprint density at radius 2 is 1.36 bits per heavy atom. The lowest BCUT2D eigenvalue weighted by atomic mass is 9.47. The van der Waals surface area contributed by atoms with Gasteiger partial charge in [-0.15, -0.1) is 0 Å². The van der Waals surface area contributed by atoms with Crippen molar-refractivity contribution in [2.75, 3.05) is 6.61 Å². The lowest BCUT2D eigenvalue weighted by Crippen LogP contribution is -2.65. The Hall–Kier alpha value is -0.900. The third kappa shape index (κ3) is 7.38. The van der Waals surface area contributed by atoms with Crippen LogP contribution in [0.15, 0.2) is 11.6 Å². The Morgan fingerprint density at radius 1 is 0.727 bits per heavy atom. The largest absolute Gasteiger partial charge is 0.393 e.